The topological polar surface area (TPSA) is 85.6 Å². The molecule has 2 rings (SSSR count). The minimum atomic E-state index is -4.61. The zero-order chi connectivity index (χ0) is 18.8. The molecule has 0 bridgehead atoms. The molecule has 1 aromatic carbocycles. The highest BCUT2D eigenvalue weighted by molar-refractivity contribution is 5.77. The minimum absolute atomic E-state index is 0.0546. The maximum atomic E-state index is 12.7. The molecular formula is C15H15F3N4O3. The Morgan fingerprint density at radius 2 is 2.00 bits per heavy atom. The summed E-state index contributed by atoms with van der Waals surface area (Å²) in [5.74, 6) is -0.252. The summed E-state index contributed by atoms with van der Waals surface area (Å²) in [6.07, 6.45) is -4.61. The van der Waals surface area contributed by atoms with Crippen molar-refractivity contribution in [3.05, 3.63) is 40.4 Å². The van der Waals surface area contributed by atoms with Crippen LogP contribution in [-0.2, 0) is 6.18 Å². The lowest BCUT2D eigenvalue weighted by Crippen LogP contribution is -2.35. The monoisotopic (exact) mass is 356 g/mol. The van der Waals surface area contributed by atoms with Gasteiger partial charge < -0.3 is 10.1 Å². The first-order valence-electron chi connectivity index (χ1n) is 7.22. The number of carbonyl (C=O) groups is 1. The van der Waals surface area contributed by atoms with Crippen LogP contribution < -0.4 is 10.1 Å². The molecule has 0 unspecified atom stereocenters. The van der Waals surface area contributed by atoms with E-state index in [2.05, 4.69) is 15.6 Å². The summed E-state index contributed by atoms with van der Waals surface area (Å²) in [6, 6.07) is 3.13. The third kappa shape index (κ3) is 4.34. The molecule has 0 atom stereocenters. The van der Waals surface area contributed by atoms with E-state index in [-0.39, 0.29) is 17.7 Å². The van der Waals surface area contributed by atoms with Crippen molar-refractivity contribution in [1.82, 2.24) is 15.1 Å². The van der Waals surface area contributed by atoms with Crippen molar-refractivity contribution < 1.29 is 22.7 Å². The Kier molecular flexibility index (Phi) is 5.10. The molecule has 2 aromatic rings. The molecule has 0 saturated heterocycles. The summed E-state index contributed by atoms with van der Waals surface area (Å²) in [7, 11) is 0. The minimum Gasteiger partial charge on any atom is -0.435 e. The Balaban J connectivity index is 2.28. The number of carbonyl (C=O) groups excluding carboxylic acids is 1. The smallest absolute Gasteiger partial charge is 0.416 e. The van der Waals surface area contributed by atoms with Crippen molar-refractivity contribution >= 4 is 11.7 Å². The molecule has 7 nitrogen and oxygen atoms in total. The quantitative estimate of drug-likeness (QED) is 0.825. The molecule has 0 aliphatic rings. The maximum Gasteiger partial charge on any atom is 0.416 e. The van der Waals surface area contributed by atoms with E-state index in [1.807, 2.05) is 0 Å². The number of benzene rings is 1. The van der Waals surface area contributed by atoms with E-state index in [1.54, 1.807) is 20.8 Å². The Morgan fingerprint density at radius 1 is 1.32 bits per heavy atom. The fraction of sp³-hybridized carbons (Fsp3) is 0.333. The zero-order valence-corrected chi connectivity index (χ0v) is 13.6. The van der Waals surface area contributed by atoms with Crippen molar-refractivity contribution in [2.24, 2.45) is 5.18 Å². The molecule has 10 heteroatoms. The Labute approximate surface area is 140 Å². The normalized spacial score (nSPS) is 11.5. The van der Waals surface area contributed by atoms with Gasteiger partial charge in [-0.3, -0.25) is 0 Å². The molecule has 1 N–H and O–H groups in total. The van der Waals surface area contributed by atoms with Crippen LogP contribution in [0.2, 0.25) is 0 Å². The third-order valence-electron chi connectivity index (χ3n) is 3.07. The summed E-state index contributed by atoms with van der Waals surface area (Å²) in [6.45, 7) is 5.15. The van der Waals surface area contributed by atoms with E-state index >= 15 is 0 Å². The number of nitrogens with one attached hydrogen (secondary N) is 1. The van der Waals surface area contributed by atoms with Crippen LogP contribution in [0.1, 0.15) is 25.1 Å². The molecule has 1 heterocycles. The number of halogens is 3. The lowest BCUT2D eigenvalue weighted by molar-refractivity contribution is -0.137. The Hall–Kier alpha value is -2.91. The van der Waals surface area contributed by atoms with Gasteiger partial charge >= 0.3 is 12.2 Å². The van der Waals surface area contributed by atoms with Crippen molar-refractivity contribution in [1.29, 1.82) is 0 Å². The summed E-state index contributed by atoms with van der Waals surface area (Å²) in [5.41, 5.74) is -1.10. The van der Waals surface area contributed by atoms with E-state index in [4.69, 9.17) is 4.74 Å². The second kappa shape index (κ2) is 6.91. The highest BCUT2D eigenvalue weighted by atomic mass is 19.4. The van der Waals surface area contributed by atoms with Gasteiger partial charge in [0.05, 0.1) is 11.3 Å². The predicted molar refractivity (Wildman–Crippen MR) is 83.0 cm³/mol. The molecule has 1 aromatic heterocycles. The number of rotatable bonds is 4. The first kappa shape index (κ1) is 18.4. The van der Waals surface area contributed by atoms with E-state index in [0.717, 1.165) is 16.8 Å². The molecular weight excluding hydrogens is 341 g/mol. The highest BCUT2D eigenvalue weighted by Crippen LogP contribution is 2.37. The van der Waals surface area contributed by atoms with Crippen LogP contribution in [0.3, 0.4) is 0 Å². The van der Waals surface area contributed by atoms with Gasteiger partial charge in [0, 0.05) is 12.1 Å². The van der Waals surface area contributed by atoms with Crippen molar-refractivity contribution in [3.8, 4) is 11.6 Å². The first-order chi connectivity index (χ1) is 11.6. The molecule has 0 saturated carbocycles. The second-order valence-electron chi connectivity index (χ2n) is 5.51. The fourth-order valence-corrected chi connectivity index (χ4v) is 1.97. The van der Waals surface area contributed by atoms with Gasteiger partial charge in [-0.2, -0.15) is 17.9 Å². The number of amides is 1. The van der Waals surface area contributed by atoms with Crippen LogP contribution in [0.4, 0.5) is 23.7 Å². The van der Waals surface area contributed by atoms with Crippen LogP contribution in [0.5, 0.6) is 11.6 Å². The number of aryl methyl sites for hydroxylation is 1. The predicted octanol–water partition coefficient (Wildman–Crippen LogP) is 4.37. The Bertz CT molecular complexity index is 800. The summed E-state index contributed by atoms with van der Waals surface area (Å²) in [4.78, 5) is 22.8. The Morgan fingerprint density at radius 3 is 2.56 bits per heavy atom. The first-order valence-corrected chi connectivity index (χ1v) is 7.22. The van der Waals surface area contributed by atoms with Crippen molar-refractivity contribution in [3.63, 3.8) is 0 Å². The van der Waals surface area contributed by atoms with Gasteiger partial charge in [-0.1, -0.05) is 0 Å². The van der Waals surface area contributed by atoms with E-state index in [0.29, 0.717) is 11.8 Å². The van der Waals surface area contributed by atoms with Gasteiger partial charge in [-0.05, 0) is 44.1 Å². The van der Waals surface area contributed by atoms with Gasteiger partial charge in [0.1, 0.15) is 0 Å². The second-order valence-corrected chi connectivity index (χ2v) is 5.51. The van der Waals surface area contributed by atoms with Gasteiger partial charge in [0.25, 0.3) is 0 Å². The largest absolute Gasteiger partial charge is 0.435 e. The number of aromatic nitrogens is 2. The zero-order valence-electron chi connectivity index (χ0n) is 13.6. The van der Waals surface area contributed by atoms with Gasteiger partial charge in [-0.15, -0.1) is 10.0 Å². The summed E-state index contributed by atoms with van der Waals surface area (Å²) >= 11 is 0. The molecule has 0 aliphatic carbocycles. The fourth-order valence-electron chi connectivity index (χ4n) is 1.97. The van der Waals surface area contributed by atoms with Gasteiger partial charge in [0.15, 0.2) is 11.4 Å². The van der Waals surface area contributed by atoms with Crippen LogP contribution in [0.15, 0.2) is 29.4 Å². The number of alkyl halides is 3. The van der Waals surface area contributed by atoms with Crippen molar-refractivity contribution in [2.45, 2.75) is 33.0 Å². The molecule has 134 valence electrons. The van der Waals surface area contributed by atoms with Crippen LogP contribution in [-0.4, -0.2) is 21.9 Å². The van der Waals surface area contributed by atoms with Gasteiger partial charge in [-0.25, -0.2) is 4.79 Å². The van der Waals surface area contributed by atoms with Gasteiger partial charge in [0.2, 0.25) is 5.88 Å². The van der Waals surface area contributed by atoms with E-state index < -0.39 is 23.5 Å². The number of hydrogen-bond donors (Lipinski definition) is 1. The van der Waals surface area contributed by atoms with Crippen molar-refractivity contribution in [2.75, 3.05) is 0 Å². The average Bonchev–Trinajstić information content (AvgIpc) is 2.86. The summed E-state index contributed by atoms with van der Waals surface area (Å²) in [5, 5.41) is 9.11. The van der Waals surface area contributed by atoms with Crippen LogP contribution in [0, 0.1) is 11.8 Å². The highest BCUT2D eigenvalue weighted by Gasteiger charge is 2.31. The standard InChI is InChI=1S/C15H15F3N4O3/c1-8(2)19-14(23)22-9(3)6-13(20-22)25-12-5-4-10(15(16,17)18)7-11(12)21-24/h4-8H,1-3H3,(H,19,23). The SMILES string of the molecule is Cc1cc(Oc2ccc(C(F)(F)F)cc2N=O)nn1C(=O)NC(C)C. The molecule has 1 amide bonds. The van der Waals surface area contributed by atoms with E-state index in [9.17, 15) is 22.9 Å². The maximum absolute atomic E-state index is 12.7. The lowest BCUT2D eigenvalue weighted by atomic mass is 10.2. The number of nitrogens with zero attached hydrogens (tertiary/aromatic N) is 3. The number of nitroso groups, excluding NO2 is 1. The molecule has 0 aliphatic heterocycles. The molecule has 25 heavy (non-hydrogen) atoms. The van der Waals surface area contributed by atoms with Crippen LogP contribution >= 0.6 is 0 Å². The molecule has 0 fully saturated rings. The summed E-state index contributed by atoms with van der Waals surface area (Å²) < 4.78 is 44.4. The number of ether oxygens (including phenoxy) is 1. The number of hydrogen-bond acceptors (Lipinski definition) is 5. The molecule has 0 spiro atoms. The average molecular weight is 356 g/mol. The third-order valence-corrected chi connectivity index (χ3v) is 3.07. The molecule has 0 radical (unpaired) electrons. The lowest BCUT2D eigenvalue weighted by Gasteiger charge is -2.10. The van der Waals surface area contributed by atoms with Crippen LogP contribution in [0.25, 0.3) is 0 Å². The van der Waals surface area contributed by atoms with E-state index in [1.165, 1.54) is 6.07 Å².